The van der Waals surface area contributed by atoms with Crippen molar-refractivity contribution in [3.63, 3.8) is 0 Å². The minimum absolute atomic E-state index is 0.0802. The molecule has 0 bridgehead atoms. The van der Waals surface area contributed by atoms with Crippen LogP contribution in [0.25, 0.3) is 0 Å². The quantitative estimate of drug-likeness (QED) is 0.768. The summed E-state index contributed by atoms with van der Waals surface area (Å²) in [5.74, 6) is -0.489. The molecule has 2 aliphatic rings. The average molecular weight is 239 g/mol. The number of aliphatic carboxylic acids is 1. The van der Waals surface area contributed by atoms with Gasteiger partial charge in [0.2, 0.25) is 5.91 Å². The molecule has 0 aromatic heterocycles. The summed E-state index contributed by atoms with van der Waals surface area (Å²) < 4.78 is 0. The number of carbonyl (C=O) groups is 2. The van der Waals surface area contributed by atoms with Crippen molar-refractivity contribution in [3.8, 4) is 0 Å². The smallest absolute Gasteiger partial charge is 0.308 e. The fourth-order valence-corrected chi connectivity index (χ4v) is 2.24. The molecule has 1 amide bonds. The van der Waals surface area contributed by atoms with Gasteiger partial charge in [-0.1, -0.05) is 13.8 Å². The summed E-state index contributed by atoms with van der Waals surface area (Å²) in [5, 5.41) is 8.94. The average Bonchev–Trinajstić information content (AvgIpc) is 3.16. The molecule has 2 saturated carbocycles. The van der Waals surface area contributed by atoms with Gasteiger partial charge < -0.3 is 10.0 Å². The molecule has 2 rings (SSSR count). The molecule has 96 valence electrons. The van der Waals surface area contributed by atoms with E-state index >= 15 is 0 Å². The number of amides is 1. The summed E-state index contributed by atoms with van der Waals surface area (Å²) in [7, 11) is 0. The van der Waals surface area contributed by atoms with Crippen molar-refractivity contribution >= 4 is 11.9 Å². The largest absolute Gasteiger partial charge is 0.481 e. The Bertz CT molecular complexity index is 321. The fraction of sp³-hybridized carbons (Fsp3) is 0.846. The molecule has 0 heterocycles. The van der Waals surface area contributed by atoms with Crippen molar-refractivity contribution in [2.75, 3.05) is 6.54 Å². The summed E-state index contributed by atoms with van der Waals surface area (Å²) in [4.78, 5) is 25.0. The van der Waals surface area contributed by atoms with Gasteiger partial charge in [-0.05, 0) is 31.6 Å². The highest BCUT2D eigenvalue weighted by Gasteiger charge is 2.40. The first kappa shape index (κ1) is 12.4. The number of hydrogen-bond donors (Lipinski definition) is 1. The molecular weight excluding hydrogens is 218 g/mol. The lowest BCUT2D eigenvalue weighted by atomic mass is 10.0. The zero-order valence-corrected chi connectivity index (χ0v) is 10.6. The standard InChI is InChI=1S/C13H21NO3/c1-8(13(16)17)7-14(11-5-6-11)12(15)9(2)10-3-4-10/h8-11H,3-7H2,1-2H3,(H,16,17). The molecule has 2 aliphatic carbocycles. The van der Waals surface area contributed by atoms with Crippen molar-refractivity contribution in [3.05, 3.63) is 0 Å². The monoisotopic (exact) mass is 239 g/mol. The Morgan fingerprint density at radius 2 is 1.82 bits per heavy atom. The normalized spacial score (nSPS) is 22.9. The Morgan fingerprint density at radius 3 is 2.24 bits per heavy atom. The highest BCUT2D eigenvalue weighted by Crippen LogP contribution is 2.39. The van der Waals surface area contributed by atoms with Crippen molar-refractivity contribution in [2.24, 2.45) is 17.8 Å². The molecule has 2 atom stereocenters. The molecule has 0 saturated heterocycles. The maximum Gasteiger partial charge on any atom is 0.308 e. The zero-order chi connectivity index (χ0) is 12.6. The second-order valence-electron chi connectivity index (χ2n) is 5.59. The van der Waals surface area contributed by atoms with Crippen LogP contribution >= 0.6 is 0 Å². The van der Waals surface area contributed by atoms with E-state index in [0.717, 1.165) is 25.7 Å². The molecule has 2 fully saturated rings. The van der Waals surface area contributed by atoms with E-state index < -0.39 is 11.9 Å². The Labute approximate surface area is 102 Å². The van der Waals surface area contributed by atoms with Crippen LogP contribution in [0, 0.1) is 17.8 Å². The Kier molecular flexibility index (Phi) is 3.40. The number of nitrogens with zero attached hydrogens (tertiary/aromatic N) is 1. The molecule has 2 unspecified atom stereocenters. The lowest BCUT2D eigenvalue weighted by molar-refractivity contribution is -0.144. The van der Waals surface area contributed by atoms with E-state index in [9.17, 15) is 9.59 Å². The van der Waals surface area contributed by atoms with Crippen LogP contribution in [-0.2, 0) is 9.59 Å². The molecule has 4 heteroatoms. The number of rotatable bonds is 6. The van der Waals surface area contributed by atoms with Gasteiger partial charge in [0.1, 0.15) is 0 Å². The Hall–Kier alpha value is -1.06. The van der Waals surface area contributed by atoms with E-state index in [1.807, 2.05) is 11.8 Å². The summed E-state index contributed by atoms with van der Waals surface area (Å²) >= 11 is 0. The number of carboxylic acids is 1. The van der Waals surface area contributed by atoms with Gasteiger partial charge >= 0.3 is 5.97 Å². The summed E-state index contributed by atoms with van der Waals surface area (Å²) in [5.41, 5.74) is 0. The first-order chi connectivity index (χ1) is 8.00. The van der Waals surface area contributed by atoms with Crippen LogP contribution in [0.15, 0.2) is 0 Å². The van der Waals surface area contributed by atoms with Crippen LogP contribution in [0.3, 0.4) is 0 Å². The van der Waals surface area contributed by atoms with Crippen LogP contribution in [0.2, 0.25) is 0 Å². The number of hydrogen-bond acceptors (Lipinski definition) is 2. The summed E-state index contributed by atoms with van der Waals surface area (Å²) in [6.45, 7) is 4.03. The predicted octanol–water partition coefficient (Wildman–Crippen LogP) is 1.74. The van der Waals surface area contributed by atoms with Gasteiger partial charge in [0.25, 0.3) is 0 Å². The topological polar surface area (TPSA) is 57.6 Å². The van der Waals surface area contributed by atoms with Crippen molar-refractivity contribution in [1.82, 2.24) is 4.90 Å². The van der Waals surface area contributed by atoms with Crippen molar-refractivity contribution in [2.45, 2.75) is 45.6 Å². The molecule has 0 aromatic carbocycles. The minimum Gasteiger partial charge on any atom is -0.481 e. The molecule has 17 heavy (non-hydrogen) atoms. The lowest BCUT2D eigenvalue weighted by Gasteiger charge is -2.27. The van der Waals surface area contributed by atoms with Crippen molar-refractivity contribution in [1.29, 1.82) is 0 Å². The van der Waals surface area contributed by atoms with Gasteiger partial charge in [0.15, 0.2) is 0 Å². The van der Waals surface area contributed by atoms with Gasteiger partial charge in [0.05, 0.1) is 5.92 Å². The molecule has 0 radical (unpaired) electrons. The maximum absolute atomic E-state index is 12.3. The highest BCUT2D eigenvalue weighted by atomic mass is 16.4. The van der Waals surface area contributed by atoms with E-state index in [1.165, 1.54) is 0 Å². The highest BCUT2D eigenvalue weighted by molar-refractivity contribution is 5.80. The second-order valence-corrected chi connectivity index (χ2v) is 5.59. The first-order valence-electron chi connectivity index (χ1n) is 6.54. The van der Waals surface area contributed by atoms with E-state index in [-0.39, 0.29) is 11.8 Å². The van der Waals surface area contributed by atoms with Crippen LogP contribution in [-0.4, -0.2) is 34.5 Å². The first-order valence-corrected chi connectivity index (χ1v) is 6.54. The predicted molar refractivity (Wildman–Crippen MR) is 63.4 cm³/mol. The van der Waals surface area contributed by atoms with Crippen LogP contribution in [0.5, 0.6) is 0 Å². The third-order valence-corrected chi connectivity index (χ3v) is 3.88. The second kappa shape index (κ2) is 4.67. The number of carboxylic acid groups (broad SMARTS) is 1. The molecule has 0 aromatic rings. The zero-order valence-electron chi connectivity index (χ0n) is 10.6. The van der Waals surface area contributed by atoms with E-state index in [4.69, 9.17) is 5.11 Å². The number of carbonyl (C=O) groups excluding carboxylic acids is 1. The third-order valence-electron chi connectivity index (χ3n) is 3.88. The van der Waals surface area contributed by atoms with Gasteiger partial charge in [0, 0.05) is 18.5 Å². The van der Waals surface area contributed by atoms with E-state index in [2.05, 4.69) is 0 Å². The van der Waals surface area contributed by atoms with Crippen molar-refractivity contribution < 1.29 is 14.7 Å². The van der Waals surface area contributed by atoms with Crippen LogP contribution < -0.4 is 0 Å². The van der Waals surface area contributed by atoms with Gasteiger partial charge in [-0.15, -0.1) is 0 Å². The van der Waals surface area contributed by atoms with Gasteiger partial charge in [-0.3, -0.25) is 9.59 Å². The molecule has 0 aliphatic heterocycles. The SMILES string of the molecule is CC(CN(C(=O)C(C)C1CC1)C1CC1)C(=O)O. The fourth-order valence-electron chi connectivity index (χ4n) is 2.24. The maximum atomic E-state index is 12.3. The Balaban J connectivity index is 1.96. The minimum atomic E-state index is -0.817. The third kappa shape index (κ3) is 2.99. The molecular formula is C13H21NO3. The Morgan fingerprint density at radius 1 is 1.24 bits per heavy atom. The van der Waals surface area contributed by atoms with E-state index in [0.29, 0.717) is 18.5 Å². The van der Waals surface area contributed by atoms with Crippen LogP contribution in [0.4, 0.5) is 0 Å². The van der Waals surface area contributed by atoms with Gasteiger partial charge in [-0.2, -0.15) is 0 Å². The lowest BCUT2D eigenvalue weighted by Crippen LogP contribution is -2.41. The summed E-state index contributed by atoms with van der Waals surface area (Å²) in [6.07, 6.45) is 4.38. The summed E-state index contributed by atoms with van der Waals surface area (Å²) in [6, 6.07) is 0.311. The van der Waals surface area contributed by atoms with Gasteiger partial charge in [-0.25, -0.2) is 0 Å². The molecule has 0 spiro atoms. The molecule has 4 nitrogen and oxygen atoms in total. The molecule has 1 N–H and O–H groups in total. The van der Waals surface area contributed by atoms with Crippen LogP contribution in [0.1, 0.15) is 39.5 Å². The van der Waals surface area contributed by atoms with E-state index in [1.54, 1.807) is 6.92 Å².